The molecule has 0 aliphatic heterocycles. The highest BCUT2D eigenvalue weighted by Gasteiger charge is 2.14. The maximum absolute atomic E-state index is 9.55. The summed E-state index contributed by atoms with van der Waals surface area (Å²) in [6.07, 6.45) is 9.03. The van der Waals surface area contributed by atoms with Crippen molar-refractivity contribution in [1.82, 2.24) is 15.6 Å². The molecule has 0 spiro atoms. The van der Waals surface area contributed by atoms with Gasteiger partial charge in [0.15, 0.2) is 11.1 Å². The van der Waals surface area contributed by atoms with Gasteiger partial charge in [0.25, 0.3) is 0 Å². The van der Waals surface area contributed by atoms with Gasteiger partial charge in [-0.15, -0.1) is 16.3 Å². The Kier molecular flexibility index (Phi) is 13.7. The van der Waals surface area contributed by atoms with Crippen molar-refractivity contribution in [2.75, 3.05) is 17.6 Å². The van der Waals surface area contributed by atoms with E-state index in [0.29, 0.717) is 29.3 Å². The average molecular weight is 497 g/mol. The molecule has 12 nitrogen and oxygen atoms in total. The fraction of sp³-hybridized carbons (Fsp3) is 0.474. The Morgan fingerprint density at radius 3 is 2.58 bits per heavy atom. The molecule has 0 unspecified atom stereocenters. The fourth-order valence-corrected chi connectivity index (χ4v) is 4.30. The summed E-state index contributed by atoms with van der Waals surface area (Å²) >= 11 is 3.18. The molecule has 33 heavy (non-hydrogen) atoms. The van der Waals surface area contributed by atoms with E-state index in [1.807, 2.05) is 11.6 Å². The lowest BCUT2D eigenvalue weighted by molar-refractivity contribution is -0.134. The lowest BCUT2D eigenvalue weighted by atomic mass is 9.96. The van der Waals surface area contributed by atoms with E-state index in [4.69, 9.17) is 26.6 Å². The molecule has 2 rings (SSSR count). The number of nitrogens with two attached hydrogens (primary N) is 1. The first-order valence-electron chi connectivity index (χ1n) is 10.0. The third-order valence-electron chi connectivity index (χ3n) is 4.06. The van der Waals surface area contributed by atoms with Crippen molar-refractivity contribution in [1.29, 1.82) is 10.7 Å². The van der Waals surface area contributed by atoms with Crippen LogP contribution >= 0.6 is 23.1 Å². The van der Waals surface area contributed by atoms with Crippen molar-refractivity contribution in [2.45, 2.75) is 43.9 Å². The zero-order chi connectivity index (χ0) is 24.5. The molecule has 1 fully saturated rings. The number of hydrogen-bond acceptors (Lipinski definition) is 8. The van der Waals surface area contributed by atoms with E-state index in [-0.39, 0.29) is 5.96 Å². The van der Waals surface area contributed by atoms with E-state index in [1.54, 1.807) is 11.8 Å². The summed E-state index contributed by atoms with van der Waals surface area (Å²) in [5.41, 5.74) is 6.24. The summed E-state index contributed by atoms with van der Waals surface area (Å²) < 4.78 is 0. The van der Waals surface area contributed by atoms with Gasteiger partial charge in [-0.3, -0.25) is 5.41 Å². The van der Waals surface area contributed by atoms with Gasteiger partial charge in [0.05, 0.1) is 5.69 Å². The van der Waals surface area contributed by atoms with E-state index in [9.17, 15) is 9.59 Å². The Labute approximate surface area is 199 Å². The monoisotopic (exact) mass is 496 g/mol. The predicted molar refractivity (Wildman–Crippen MR) is 129 cm³/mol. The van der Waals surface area contributed by atoms with E-state index in [0.717, 1.165) is 36.6 Å². The van der Waals surface area contributed by atoms with Crippen LogP contribution in [0.3, 0.4) is 0 Å². The normalized spacial score (nSPS) is 14.0. The van der Waals surface area contributed by atoms with Crippen LogP contribution in [0.25, 0.3) is 0 Å². The molecular weight excluding hydrogens is 468 g/mol. The molecule has 14 heteroatoms. The number of thioether (sulfide) groups is 1. The van der Waals surface area contributed by atoms with E-state index in [2.05, 4.69) is 25.9 Å². The van der Waals surface area contributed by atoms with Gasteiger partial charge in [-0.25, -0.2) is 14.6 Å². The van der Waals surface area contributed by atoms with Crippen LogP contribution in [-0.2, 0) is 15.3 Å². The second-order valence-electron chi connectivity index (χ2n) is 6.71. The van der Waals surface area contributed by atoms with Crippen LogP contribution in [0.15, 0.2) is 22.5 Å². The quantitative estimate of drug-likeness (QED) is 0.0860. The number of carboxylic acids is 2. The summed E-state index contributed by atoms with van der Waals surface area (Å²) in [6.45, 7) is 0.730. The van der Waals surface area contributed by atoms with E-state index < -0.39 is 11.9 Å². The van der Waals surface area contributed by atoms with Crippen LogP contribution in [0.1, 0.15) is 37.8 Å². The summed E-state index contributed by atoms with van der Waals surface area (Å²) in [5.74, 6) is -0.369. The molecule has 1 aromatic heterocycles. The molecule has 0 aromatic carbocycles. The first-order valence-corrected chi connectivity index (χ1v) is 12.1. The van der Waals surface area contributed by atoms with Gasteiger partial charge in [-0.2, -0.15) is 17.0 Å². The highest BCUT2D eigenvalue weighted by atomic mass is 32.2. The first-order chi connectivity index (χ1) is 15.8. The number of nitriles is 1. The van der Waals surface area contributed by atoms with Crippen molar-refractivity contribution in [3.05, 3.63) is 23.2 Å². The summed E-state index contributed by atoms with van der Waals surface area (Å²) in [7, 11) is 0. The maximum atomic E-state index is 9.55. The molecule has 1 aliphatic carbocycles. The highest BCUT2D eigenvalue weighted by molar-refractivity contribution is 7.98. The first kappa shape index (κ1) is 27.7. The van der Waals surface area contributed by atoms with Crippen LogP contribution < -0.4 is 21.7 Å². The van der Waals surface area contributed by atoms with Crippen molar-refractivity contribution >= 4 is 52.1 Å². The number of nitrogens with zero attached hydrogens (tertiary/aromatic N) is 3. The van der Waals surface area contributed by atoms with Gasteiger partial charge >= 0.3 is 11.9 Å². The zero-order valence-corrected chi connectivity index (χ0v) is 19.5. The Hall–Kier alpha value is -3.31. The van der Waals surface area contributed by atoms with Crippen molar-refractivity contribution in [3.8, 4) is 6.19 Å². The number of hydrogen-bond donors (Lipinski definition) is 7. The molecule has 0 bridgehead atoms. The Morgan fingerprint density at radius 2 is 2.00 bits per heavy atom. The summed E-state index contributed by atoms with van der Waals surface area (Å²) in [6, 6.07) is 0.420. The number of carboxylic acid groups (broad SMARTS) is 2. The summed E-state index contributed by atoms with van der Waals surface area (Å²) in [4.78, 5) is 27.3. The van der Waals surface area contributed by atoms with Crippen molar-refractivity contribution in [2.24, 2.45) is 10.7 Å². The van der Waals surface area contributed by atoms with E-state index >= 15 is 0 Å². The predicted octanol–water partition coefficient (Wildman–Crippen LogP) is 1.74. The van der Waals surface area contributed by atoms with Crippen molar-refractivity contribution < 1.29 is 19.8 Å². The fourth-order valence-electron chi connectivity index (χ4n) is 2.72. The zero-order valence-electron chi connectivity index (χ0n) is 17.9. The van der Waals surface area contributed by atoms with Gasteiger partial charge in [-0.1, -0.05) is 19.3 Å². The van der Waals surface area contributed by atoms with Gasteiger partial charge < -0.3 is 31.9 Å². The number of aliphatic carboxylic acids is 2. The molecule has 1 aromatic rings. The van der Waals surface area contributed by atoms with Gasteiger partial charge in [0.2, 0.25) is 12.2 Å². The van der Waals surface area contributed by atoms with Gasteiger partial charge in [-0.05, 0) is 12.8 Å². The average Bonchev–Trinajstić information content (AvgIpc) is 3.19. The molecule has 0 amide bonds. The molecule has 0 radical (unpaired) electrons. The van der Waals surface area contributed by atoms with Crippen LogP contribution in [0.5, 0.6) is 0 Å². The number of aliphatic imine (C=N–C) groups is 1. The number of thiazole rings is 1. The second-order valence-corrected chi connectivity index (χ2v) is 8.67. The maximum Gasteiger partial charge on any atom is 0.328 e. The van der Waals surface area contributed by atoms with Crippen LogP contribution in [0.4, 0.5) is 5.13 Å². The number of carbonyl (C=O) groups is 2. The molecule has 1 heterocycles. The topological polar surface area (TPSA) is 210 Å². The lowest BCUT2D eigenvalue weighted by Crippen LogP contribution is -2.44. The van der Waals surface area contributed by atoms with Crippen LogP contribution in [0.2, 0.25) is 0 Å². The molecule has 0 saturated heterocycles. The number of guanidine groups is 2. The number of aromatic nitrogens is 1. The van der Waals surface area contributed by atoms with Crippen LogP contribution in [0, 0.1) is 16.9 Å². The molecule has 1 aliphatic rings. The largest absolute Gasteiger partial charge is 0.478 e. The third kappa shape index (κ3) is 14.4. The molecular formula is C19H28N8O4S2. The standard InChI is InChI=1S/C15H24N8S2.C4H4O4/c16-10-20-14(21-11-4-2-1-3-5-11)19-6-7-24-8-12-9-25-15(22-12)23-13(17)18;5-3(6)1-2-4(7)8/h9,11H,1-8H2,(H2,19,20,21)(H4,17,18,22,23);1-2H,(H,5,6)(H,7,8)/b;2-1-. The SMILES string of the molecule is N#C/N=C(\NCCSCc1csc(NC(=N)N)n1)NC1CCCCC1.O=C(O)/C=C\C(=O)O. The third-order valence-corrected chi connectivity index (χ3v) is 5.86. The number of anilines is 1. The van der Waals surface area contributed by atoms with Gasteiger partial charge in [0.1, 0.15) is 0 Å². The molecule has 1 saturated carbocycles. The Morgan fingerprint density at radius 1 is 1.33 bits per heavy atom. The molecule has 8 N–H and O–H groups in total. The molecule has 180 valence electrons. The minimum Gasteiger partial charge on any atom is -0.478 e. The van der Waals surface area contributed by atoms with Crippen LogP contribution in [-0.4, -0.2) is 57.4 Å². The van der Waals surface area contributed by atoms with E-state index in [1.165, 1.54) is 30.6 Å². The Balaban J connectivity index is 0.000000582. The molecule has 0 atom stereocenters. The smallest absolute Gasteiger partial charge is 0.328 e. The lowest BCUT2D eigenvalue weighted by Gasteiger charge is -2.24. The minimum atomic E-state index is -1.26. The highest BCUT2D eigenvalue weighted by Crippen LogP contribution is 2.19. The minimum absolute atomic E-state index is 0.104. The van der Waals surface area contributed by atoms with Gasteiger partial charge in [0, 0.05) is 41.6 Å². The number of nitrogens with one attached hydrogen (secondary N) is 4. The number of rotatable bonds is 9. The van der Waals surface area contributed by atoms with Crippen molar-refractivity contribution in [3.63, 3.8) is 0 Å². The Bertz CT molecular complexity index is 859. The second kappa shape index (κ2) is 16.3. The summed E-state index contributed by atoms with van der Waals surface area (Å²) in [5, 5.41) is 43.5.